The van der Waals surface area contributed by atoms with Crippen LogP contribution in [-0.4, -0.2) is 5.78 Å². The van der Waals surface area contributed by atoms with E-state index < -0.39 is 0 Å². The molecule has 0 aliphatic rings. The first-order valence-electron chi connectivity index (χ1n) is 4.57. The molecule has 0 heterocycles. The van der Waals surface area contributed by atoms with Crippen molar-refractivity contribution < 1.29 is 4.79 Å². The van der Waals surface area contributed by atoms with Gasteiger partial charge in [0.2, 0.25) is 0 Å². The zero-order valence-corrected chi connectivity index (χ0v) is 9.61. The maximum absolute atomic E-state index is 11.7. The van der Waals surface area contributed by atoms with Gasteiger partial charge in [-0.25, -0.2) is 0 Å². The molecule has 1 rings (SSSR count). The van der Waals surface area contributed by atoms with Crippen molar-refractivity contribution in [2.45, 2.75) is 19.3 Å². The Labute approximate surface area is 99.4 Å². The average Bonchev–Trinajstić information content (AvgIpc) is 2.18. The monoisotopic (exact) mass is 240 g/mol. The maximum atomic E-state index is 11.7. The van der Waals surface area contributed by atoms with Gasteiger partial charge < -0.3 is 0 Å². The summed E-state index contributed by atoms with van der Waals surface area (Å²) < 4.78 is 0. The molecule has 0 aliphatic carbocycles. The number of hydrogen-bond donors (Lipinski definition) is 0. The van der Waals surface area contributed by atoms with Gasteiger partial charge in [0.1, 0.15) is 0 Å². The largest absolute Gasteiger partial charge is 0.294 e. The van der Waals surface area contributed by atoms with E-state index in [1.165, 1.54) is 0 Å². The Kier molecular flexibility index (Phi) is 4.68. The quantitative estimate of drug-likeness (QED) is 0.442. The Bertz CT molecular complexity index is 384. The van der Waals surface area contributed by atoms with E-state index in [1.807, 2.05) is 0 Å². The molecule has 0 unspecified atom stereocenters. The molecular weight excluding hydrogens is 231 g/mol. The fourth-order valence-electron chi connectivity index (χ4n) is 1.24. The molecular formula is C12H10Cl2O. The molecule has 0 spiro atoms. The first kappa shape index (κ1) is 12.1. The summed E-state index contributed by atoms with van der Waals surface area (Å²) in [5, 5.41) is 0.793. The van der Waals surface area contributed by atoms with Crippen LogP contribution in [0.2, 0.25) is 10.0 Å². The Hall–Kier alpha value is -0.970. The Morgan fingerprint density at radius 2 is 1.93 bits per heavy atom. The molecule has 0 radical (unpaired) electrons. The number of carbonyl (C=O) groups is 1. The van der Waals surface area contributed by atoms with Crippen molar-refractivity contribution in [3.05, 3.63) is 33.8 Å². The predicted octanol–water partition coefficient (Wildman–Crippen LogP) is 3.98. The van der Waals surface area contributed by atoms with Crippen LogP contribution in [-0.2, 0) is 0 Å². The summed E-state index contributed by atoms with van der Waals surface area (Å²) in [4.78, 5) is 11.7. The highest BCUT2D eigenvalue weighted by Crippen LogP contribution is 2.25. The van der Waals surface area contributed by atoms with Gasteiger partial charge >= 0.3 is 0 Å². The van der Waals surface area contributed by atoms with E-state index in [1.54, 1.807) is 18.2 Å². The third kappa shape index (κ3) is 3.27. The normalized spacial score (nSPS) is 9.67. The van der Waals surface area contributed by atoms with Gasteiger partial charge in [-0.05, 0) is 18.6 Å². The third-order valence-corrected chi connectivity index (χ3v) is 2.60. The SMILES string of the molecule is C#CCCCC(=O)c1c(Cl)cccc1Cl. The van der Waals surface area contributed by atoms with Crippen LogP contribution in [0.5, 0.6) is 0 Å². The lowest BCUT2D eigenvalue weighted by atomic mass is 10.1. The Balaban J connectivity index is 2.78. The zero-order valence-electron chi connectivity index (χ0n) is 8.09. The molecule has 0 aromatic heterocycles. The topological polar surface area (TPSA) is 17.1 Å². The number of carbonyl (C=O) groups excluding carboxylic acids is 1. The minimum atomic E-state index is -0.0548. The molecule has 0 bridgehead atoms. The molecule has 3 heteroatoms. The molecule has 15 heavy (non-hydrogen) atoms. The van der Waals surface area contributed by atoms with Crippen LogP contribution >= 0.6 is 23.2 Å². The van der Waals surface area contributed by atoms with Crippen molar-refractivity contribution in [2.24, 2.45) is 0 Å². The van der Waals surface area contributed by atoms with Crippen LogP contribution < -0.4 is 0 Å². The van der Waals surface area contributed by atoms with Crippen LogP contribution in [0.25, 0.3) is 0 Å². The highest BCUT2D eigenvalue weighted by Gasteiger charge is 2.13. The van der Waals surface area contributed by atoms with E-state index in [9.17, 15) is 4.79 Å². The van der Waals surface area contributed by atoms with Gasteiger partial charge in [0, 0.05) is 12.8 Å². The van der Waals surface area contributed by atoms with Gasteiger partial charge in [-0.3, -0.25) is 4.79 Å². The van der Waals surface area contributed by atoms with E-state index in [0.717, 1.165) is 0 Å². The number of hydrogen-bond acceptors (Lipinski definition) is 1. The fourth-order valence-corrected chi connectivity index (χ4v) is 1.85. The molecule has 0 saturated heterocycles. The second-order valence-corrected chi connectivity index (χ2v) is 3.89. The number of benzene rings is 1. The van der Waals surface area contributed by atoms with Gasteiger partial charge in [-0.2, -0.15) is 0 Å². The molecule has 0 aliphatic heterocycles. The Morgan fingerprint density at radius 1 is 1.33 bits per heavy atom. The summed E-state index contributed by atoms with van der Waals surface area (Å²) >= 11 is 11.8. The molecule has 0 N–H and O–H groups in total. The highest BCUT2D eigenvalue weighted by atomic mass is 35.5. The second-order valence-electron chi connectivity index (χ2n) is 3.08. The van der Waals surface area contributed by atoms with Crippen LogP contribution in [0.1, 0.15) is 29.6 Å². The molecule has 0 amide bonds. The number of rotatable bonds is 4. The molecule has 0 fully saturated rings. The molecule has 78 valence electrons. The second kappa shape index (κ2) is 5.80. The van der Waals surface area contributed by atoms with Crippen molar-refractivity contribution in [3.63, 3.8) is 0 Å². The third-order valence-electron chi connectivity index (χ3n) is 1.97. The maximum Gasteiger partial charge on any atom is 0.165 e. The highest BCUT2D eigenvalue weighted by molar-refractivity contribution is 6.39. The van der Waals surface area contributed by atoms with Crippen LogP contribution in [0.4, 0.5) is 0 Å². The molecule has 0 saturated carbocycles. The lowest BCUT2D eigenvalue weighted by molar-refractivity contribution is 0.0981. The molecule has 0 atom stereocenters. The minimum absolute atomic E-state index is 0.0548. The zero-order chi connectivity index (χ0) is 11.3. The van der Waals surface area contributed by atoms with Gasteiger partial charge in [0.15, 0.2) is 5.78 Å². The summed E-state index contributed by atoms with van der Waals surface area (Å²) in [6, 6.07) is 5.02. The summed E-state index contributed by atoms with van der Waals surface area (Å²) in [7, 11) is 0. The number of ketones is 1. The molecule has 1 nitrogen and oxygen atoms in total. The summed E-state index contributed by atoms with van der Waals surface area (Å²) in [5.74, 6) is 2.43. The van der Waals surface area contributed by atoms with Gasteiger partial charge in [-0.1, -0.05) is 29.3 Å². The van der Waals surface area contributed by atoms with Crippen molar-refractivity contribution in [3.8, 4) is 12.3 Å². The summed E-state index contributed by atoms with van der Waals surface area (Å²) in [6.07, 6.45) is 6.74. The number of halogens is 2. The van der Waals surface area contributed by atoms with Crippen molar-refractivity contribution >= 4 is 29.0 Å². The fraction of sp³-hybridized carbons (Fsp3) is 0.250. The van der Waals surface area contributed by atoms with E-state index >= 15 is 0 Å². The Morgan fingerprint density at radius 3 is 2.47 bits per heavy atom. The summed E-state index contributed by atoms with van der Waals surface area (Å²) in [5.41, 5.74) is 0.401. The standard InChI is InChI=1S/C12H10Cl2O/c1-2-3-4-8-11(15)12-9(13)6-5-7-10(12)14/h1,5-7H,3-4,8H2. The predicted molar refractivity (Wildman–Crippen MR) is 63.5 cm³/mol. The average molecular weight is 241 g/mol. The molecule has 1 aromatic rings. The smallest absolute Gasteiger partial charge is 0.165 e. The minimum Gasteiger partial charge on any atom is -0.294 e. The number of terminal acetylenes is 1. The van der Waals surface area contributed by atoms with Crippen LogP contribution in [0.15, 0.2) is 18.2 Å². The van der Waals surface area contributed by atoms with Gasteiger partial charge in [0.25, 0.3) is 0 Å². The first-order valence-corrected chi connectivity index (χ1v) is 5.33. The van der Waals surface area contributed by atoms with Crippen molar-refractivity contribution in [1.82, 2.24) is 0 Å². The first-order chi connectivity index (χ1) is 7.16. The number of Topliss-reactive ketones (excluding diaryl/α,β-unsaturated/α-hetero) is 1. The van der Waals surface area contributed by atoms with E-state index in [2.05, 4.69) is 5.92 Å². The molecule has 1 aromatic carbocycles. The van der Waals surface area contributed by atoms with Crippen LogP contribution in [0.3, 0.4) is 0 Å². The van der Waals surface area contributed by atoms with E-state index in [-0.39, 0.29) is 5.78 Å². The van der Waals surface area contributed by atoms with Gasteiger partial charge in [0.05, 0.1) is 15.6 Å². The number of unbranched alkanes of at least 4 members (excludes halogenated alkanes) is 1. The van der Waals surface area contributed by atoms with E-state index in [0.29, 0.717) is 34.9 Å². The summed E-state index contributed by atoms with van der Waals surface area (Å²) in [6.45, 7) is 0. The van der Waals surface area contributed by atoms with Crippen LogP contribution in [0, 0.1) is 12.3 Å². The van der Waals surface area contributed by atoms with Gasteiger partial charge in [-0.15, -0.1) is 12.3 Å². The van der Waals surface area contributed by atoms with E-state index in [4.69, 9.17) is 29.6 Å². The van der Waals surface area contributed by atoms with Crippen molar-refractivity contribution in [2.75, 3.05) is 0 Å². The van der Waals surface area contributed by atoms with Crippen molar-refractivity contribution in [1.29, 1.82) is 0 Å². The lowest BCUT2D eigenvalue weighted by Gasteiger charge is -2.04. The lowest BCUT2D eigenvalue weighted by Crippen LogP contribution is -2.00.